The van der Waals surface area contributed by atoms with E-state index in [0.29, 0.717) is 70.1 Å². The van der Waals surface area contributed by atoms with Crippen LogP contribution in [-0.2, 0) is 16.3 Å². The number of nitrogens with zero attached hydrogens (tertiary/aromatic N) is 8. The number of aromatic nitrogens is 5. The maximum Gasteiger partial charge on any atom is 0.422 e. The molecule has 4 aromatic rings. The van der Waals surface area contributed by atoms with E-state index in [0.717, 1.165) is 0 Å². The van der Waals surface area contributed by atoms with Crippen molar-refractivity contribution >= 4 is 81.6 Å². The second-order valence-electron chi connectivity index (χ2n) is 11.0. The number of ether oxygens (including phenoxy) is 2. The third-order valence-electron chi connectivity index (χ3n) is 7.01. The van der Waals surface area contributed by atoms with Crippen LogP contribution >= 0.6 is 23.1 Å². The van der Waals surface area contributed by atoms with Gasteiger partial charge < -0.3 is 29.6 Å². The molecule has 0 radical (unpaired) electrons. The Labute approximate surface area is 283 Å². The van der Waals surface area contributed by atoms with Gasteiger partial charge >= 0.3 is 6.18 Å². The lowest BCUT2D eigenvalue weighted by atomic mass is 10.1. The largest absolute Gasteiger partial charge is 0.466 e. The van der Waals surface area contributed by atoms with E-state index in [2.05, 4.69) is 63.3 Å². The van der Waals surface area contributed by atoms with E-state index in [1.54, 1.807) is 68.8 Å². The molecule has 2 N–H and O–H groups in total. The quantitative estimate of drug-likeness (QED) is 0.127. The Morgan fingerprint density at radius 3 is 2.54 bits per heavy atom. The predicted octanol–water partition coefficient (Wildman–Crippen LogP) is 6.60. The molecule has 0 saturated carbocycles. The van der Waals surface area contributed by atoms with Crippen molar-refractivity contribution in [1.82, 2.24) is 24.7 Å². The number of rotatable bonds is 11. The first kappa shape index (κ1) is 35.0. The Balaban J connectivity index is 1.59. The van der Waals surface area contributed by atoms with Gasteiger partial charge in [-0.2, -0.15) is 28.2 Å². The number of benzene rings is 1. The smallest absolute Gasteiger partial charge is 0.422 e. The zero-order valence-corrected chi connectivity index (χ0v) is 29.0. The Hall–Kier alpha value is -4.34. The topological polar surface area (TPSA) is 144 Å². The summed E-state index contributed by atoms with van der Waals surface area (Å²) < 4.78 is 66.4. The summed E-state index contributed by atoms with van der Waals surface area (Å²) in [5, 5.41) is 10.9. The van der Waals surface area contributed by atoms with Gasteiger partial charge in [0, 0.05) is 49.9 Å². The summed E-state index contributed by atoms with van der Waals surface area (Å²) in [6, 6.07) is 5.03. The molecule has 1 fully saturated rings. The minimum atomic E-state index is -4.61. The Kier molecular flexibility index (Phi) is 10.5. The number of morpholine rings is 1. The number of pyridine rings is 1. The van der Waals surface area contributed by atoms with E-state index in [1.807, 2.05) is 4.90 Å². The van der Waals surface area contributed by atoms with Crippen LogP contribution in [0.5, 0.6) is 5.88 Å². The standard InChI is InChI=1S/C30H33BrF3N10O3P/c1-6-36-24-21(35-2)7-8-22(25(24)48(4,5)45)39-26-20(31)15-37-29(41-26)40-23-13-19(18-14-38-43(3)16-18)27(44-9-11-46-12-10-44)42-28(23)47-17-30(32,33)34/h6-8,13-16H,2,9-12,17H2,1,3-5H3,(H2,37,39,40,41)/b36-6-. The molecule has 0 atom stereocenters. The maximum atomic E-state index is 13.5. The minimum Gasteiger partial charge on any atom is -0.466 e. The molecule has 0 bridgehead atoms. The van der Waals surface area contributed by atoms with Crippen molar-refractivity contribution in [3.05, 3.63) is 41.3 Å². The fraction of sp³-hybridized carbons (Fsp3) is 0.333. The SMILES string of the molecule is C=Nc1ccc(Nc2nc(Nc3cc(-c4cnn(C)c4)c(N4CCOCC4)nc3OCC(F)(F)F)ncc2Br)c(P(C)(C)=O)c1/N=C\C. The molecule has 0 spiro atoms. The second kappa shape index (κ2) is 14.4. The molecule has 3 aromatic heterocycles. The van der Waals surface area contributed by atoms with Crippen LogP contribution in [0, 0.1) is 0 Å². The molecule has 1 aliphatic rings. The average molecular weight is 750 g/mol. The fourth-order valence-corrected chi connectivity index (χ4v) is 6.67. The van der Waals surface area contributed by atoms with Crippen molar-refractivity contribution in [2.75, 3.05) is 61.8 Å². The Morgan fingerprint density at radius 1 is 1.17 bits per heavy atom. The lowest BCUT2D eigenvalue weighted by molar-refractivity contribution is -0.153. The molecule has 48 heavy (non-hydrogen) atoms. The first-order valence-electron chi connectivity index (χ1n) is 14.6. The van der Waals surface area contributed by atoms with Crippen LogP contribution in [0.4, 0.5) is 53.5 Å². The summed E-state index contributed by atoms with van der Waals surface area (Å²) in [5.74, 6) is 0.421. The Morgan fingerprint density at radius 2 is 1.92 bits per heavy atom. The highest BCUT2D eigenvalue weighted by atomic mass is 79.9. The molecule has 0 aliphatic carbocycles. The first-order chi connectivity index (χ1) is 22.8. The van der Waals surface area contributed by atoms with E-state index < -0.39 is 19.9 Å². The van der Waals surface area contributed by atoms with Crippen molar-refractivity contribution < 1.29 is 27.2 Å². The summed E-state index contributed by atoms with van der Waals surface area (Å²) >= 11 is 3.46. The maximum absolute atomic E-state index is 13.5. The summed E-state index contributed by atoms with van der Waals surface area (Å²) in [6.45, 7) is 8.85. The summed E-state index contributed by atoms with van der Waals surface area (Å²) in [5.41, 5.74) is 2.73. The van der Waals surface area contributed by atoms with Gasteiger partial charge in [-0.15, -0.1) is 0 Å². The van der Waals surface area contributed by atoms with Gasteiger partial charge in [0.25, 0.3) is 0 Å². The zero-order chi connectivity index (χ0) is 34.6. The molecular weight excluding hydrogens is 716 g/mol. The number of anilines is 5. The van der Waals surface area contributed by atoms with E-state index in [4.69, 9.17) is 9.47 Å². The number of nitrogens with one attached hydrogen (secondary N) is 2. The highest BCUT2D eigenvalue weighted by Gasteiger charge is 2.31. The van der Waals surface area contributed by atoms with Crippen LogP contribution in [-0.4, -0.2) is 90.1 Å². The van der Waals surface area contributed by atoms with Crippen molar-refractivity contribution in [1.29, 1.82) is 0 Å². The van der Waals surface area contributed by atoms with Gasteiger partial charge in [0.1, 0.15) is 30.2 Å². The third-order valence-corrected chi connectivity index (χ3v) is 9.12. The molecule has 4 heterocycles. The van der Waals surface area contributed by atoms with E-state index >= 15 is 0 Å². The molecule has 0 unspecified atom stereocenters. The van der Waals surface area contributed by atoms with E-state index in [-0.39, 0.29) is 23.3 Å². The molecule has 13 nitrogen and oxygen atoms in total. The van der Waals surface area contributed by atoms with Crippen LogP contribution in [0.1, 0.15) is 6.92 Å². The molecule has 5 rings (SSSR count). The summed E-state index contributed by atoms with van der Waals surface area (Å²) in [7, 11) is -1.17. The Bertz CT molecular complexity index is 1890. The van der Waals surface area contributed by atoms with Crippen molar-refractivity contribution in [3.8, 4) is 17.0 Å². The molecule has 1 aliphatic heterocycles. The lowest BCUT2D eigenvalue weighted by Crippen LogP contribution is -2.37. The van der Waals surface area contributed by atoms with E-state index in [9.17, 15) is 17.7 Å². The average Bonchev–Trinajstić information content (AvgIpc) is 3.47. The highest BCUT2D eigenvalue weighted by molar-refractivity contribution is 9.10. The van der Waals surface area contributed by atoms with Crippen LogP contribution in [0.2, 0.25) is 0 Å². The van der Waals surface area contributed by atoms with Crippen molar-refractivity contribution in [2.45, 2.75) is 13.1 Å². The van der Waals surface area contributed by atoms with Gasteiger partial charge in [0.2, 0.25) is 11.8 Å². The number of halogens is 4. The van der Waals surface area contributed by atoms with Gasteiger partial charge in [-0.05, 0) is 61.1 Å². The monoisotopic (exact) mass is 748 g/mol. The molecule has 18 heteroatoms. The van der Waals surface area contributed by atoms with Gasteiger partial charge in [-0.1, -0.05) is 0 Å². The van der Waals surface area contributed by atoms with Gasteiger partial charge in [-0.3, -0.25) is 14.7 Å². The number of hydrogen-bond acceptors (Lipinski definition) is 12. The van der Waals surface area contributed by atoms with Crippen molar-refractivity contribution in [3.63, 3.8) is 0 Å². The van der Waals surface area contributed by atoms with E-state index in [1.165, 1.54) is 6.20 Å². The predicted molar refractivity (Wildman–Crippen MR) is 186 cm³/mol. The first-order valence-corrected chi connectivity index (χ1v) is 18.0. The molecule has 0 amide bonds. The summed E-state index contributed by atoms with van der Waals surface area (Å²) in [6.07, 6.45) is 1.85. The normalized spacial score (nSPS) is 14.0. The van der Waals surface area contributed by atoms with Crippen LogP contribution in [0.3, 0.4) is 0 Å². The van der Waals surface area contributed by atoms with Crippen LogP contribution in [0.25, 0.3) is 11.1 Å². The van der Waals surface area contributed by atoms with Crippen LogP contribution < -0.4 is 25.6 Å². The summed E-state index contributed by atoms with van der Waals surface area (Å²) in [4.78, 5) is 23.9. The number of aryl methyl sites for hydroxylation is 1. The number of aliphatic imine (C=N–C) groups is 2. The molecular formula is C30H33BrF3N10O3P. The molecule has 1 saturated heterocycles. The second-order valence-corrected chi connectivity index (χ2v) is 15.0. The lowest BCUT2D eigenvalue weighted by Gasteiger charge is -2.30. The zero-order valence-electron chi connectivity index (χ0n) is 26.5. The molecule has 1 aromatic carbocycles. The highest BCUT2D eigenvalue weighted by Crippen LogP contribution is 2.46. The van der Waals surface area contributed by atoms with Gasteiger partial charge in [0.15, 0.2) is 6.61 Å². The third kappa shape index (κ3) is 8.20. The van der Waals surface area contributed by atoms with Crippen molar-refractivity contribution in [2.24, 2.45) is 17.0 Å². The fourth-order valence-electron chi connectivity index (χ4n) is 4.99. The van der Waals surface area contributed by atoms with Gasteiger partial charge in [-0.25, -0.2) is 4.98 Å². The minimum absolute atomic E-state index is 0.0181. The molecule has 254 valence electrons. The number of hydrogen-bond donors (Lipinski definition) is 2. The van der Waals surface area contributed by atoms with Crippen LogP contribution in [0.15, 0.2) is 51.2 Å². The van der Waals surface area contributed by atoms with Gasteiger partial charge in [0.05, 0.1) is 40.6 Å². The number of alkyl halides is 3.